The number of hydrogen-bond acceptors (Lipinski definition) is 2. The van der Waals surface area contributed by atoms with Crippen LogP contribution in [-0.4, -0.2) is 36.3 Å². The molecule has 1 saturated carbocycles. The van der Waals surface area contributed by atoms with Crippen molar-refractivity contribution in [3.63, 3.8) is 0 Å². The van der Waals surface area contributed by atoms with Gasteiger partial charge in [-0.15, -0.1) is 0 Å². The van der Waals surface area contributed by atoms with Gasteiger partial charge in [-0.3, -0.25) is 9.59 Å². The molecule has 2 amide bonds. The maximum atomic E-state index is 12.9. The lowest BCUT2D eigenvalue weighted by Gasteiger charge is -2.37. The summed E-state index contributed by atoms with van der Waals surface area (Å²) in [5, 5.41) is 2.91. The van der Waals surface area contributed by atoms with Crippen molar-refractivity contribution < 1.29 is 14.0 Å². The van der Waals surface area contributed by atoms with Crippen LogP contribution in [0.15, 0.2) is 24.3 Å². The van der Waals surface area contributed by atoms with Gasteiger partial charge in [-0.1, -0.05) is 6.42 Å². The summed E-state index contributed by atoms with van der Waals surface area (Å²) in [7, 11) is 0. The molecule has 1 N–H and O–H groups in total. The highest BCUT2D eigenvalue weighted by molar-refractivity contribution is 5.94. The molecule has 124 valence electrons. The van der Waals surface area contributed by atoms with Crippen LogP contribution in [0.5, 0.6) is 0 Å². The van der Waals surface area contributed by atoms with Gasteiger partial charge in [0, 0.05) is 31.1 Å². The van der Waals surface area contributed by atoms with Crippen molar-refractivity contribution >= 4 is 11.8 Å². The number of hydrogen-bond donors (Lipinski definition) is 1. The van der Waals surface area contributed by atoms with E-state index in [1.54, 1.807) is 0 Å². The predicted octanol–water partition coefficient (Wildman–Crippen LogP) is 2.59. The standard InChI is InChI=1S/C18H23FN2O2/c19-16-8-6-14(7-9-16)17(22)20-11-13-3-2-10-21(12-13)18(23)15-4-1-5-15/h6-9,13,15H,1-5,10-12H2,(H,20,22)/t13-/m1/s1. The zero-order valence-electron chi connectivity index (χ0n) is 13.3. The van der Waals surface area contributed by atoms with Crippen LogP contribution in [0, 0.1) is 17.7 Å². The minimum atomic E-state index is -0.348. The summed E-state index contributed by atoms with van der Waals surface area (Å²) in [6, 6.07) is 5.54. The van der Waals surface area contributed by atoms with Gasteiger partial charge in [0.15, 0.2) is 0 Å². The molecule has 2 aliphatic rings. The van der Waals surface area contributed by atoms with Crippen molar-refractivity contribution in [2.75, 3.05) is 19.6 Å². The number of nitrogens with one attached hydrogen (secondary N) is 1. The third-order valence-electron chi connectivity index (χ3n) is 4.94. The van der Waals surface area contributed by atoms with Crippen LogP contribution in [0.2, 0.25) is 0 Å². The molecule has 0 aromatic heterocycles. The molecule has 4 nitrogen and oxygen atoms in total. The van der Waals surface area contributed by atoms with Crippen molar-refractivity contribution in [1.82, 2.24) is 10.2 Å². The van der Waals surface area contributed by atoms with Gasteiger partial charge >= 0.3 is 0 Å². The number of likely N-dealkylation sites (tertiary alicyclic amines) is 1. The first-order valence-corrected chi connectivity index (χ1v) is 8.46. The van der Waals surface area contributed by atoms with Gasteiger partial charge in [-0.25, -0.2) is 4.39 Å². The summed E-state index contributed by atoms with van der Waals surface area (Å²) < 4.78 is 12.9. The van der Waals surface area contributed by atoms with E-state index < -0.39 is 0 Å². The normalized spacial score (nSPS) is 21.6. The van der Waals surface area contributed by atoms with Crippen molar-refractivity contribution in [2.24, 2.45) is 11.8 Å². The second kappa shape index (κ2) is 7.11. The Morgan fingerprint density at radius 2 is 1.87 bits per heavy atom. The van der Waals surface area contributed by atoms with Crippen LogP contribution < -0.4 is 5.32 Å². The highest BCUT2D eigenvalue weighted by Gasteiger charge is 2.32. The van der Waals surface area contributed by atoms with Crippen LogP contribution >= 0.6 is 0 Å². The molecule has 3 rings (SSSR count). The topological polar surface area (TPSA) is 49.4 Å². The molecule has 1 heterocycles. The molecule has 1 aliphatic heterocycles. The van der Waals surface area contributed by atoms with Crippen molar-refractivity contribution in [3.05, 3.63) is 35.6 Å². The molecule has 0 spiro atoms. The number of carbonyl (C=O) groups is 2. The summed E-state index contributed by atoms with van der Waals surface area (Å²) in [6.45, 7) is 2.14. The fourth-order valence-corrected chi connectivity index (χ4v) is 3.29. The van der Waals surface area contributed by atoms with E-state index in [4.69, 9.17) is 0 Å². The lowest BCUT2D eigenvalue weighted by atomic mass is 9.83. The van der Waals surface area contributed by atoms with Crippen LogP contribution in [0.3, 0.4) is 0 Å². The molecule has 2 fully saturated rings. The molecule has 1 saturated heterocycles. The third-order valence-corrected chi connectivity index (χ3v) is 4.94. The summed E-state index contributed by atoms with van der Waals surface area (Å²) in [4.78, 5) is 26.4. The Hall–Kier alpha value is -1.91. The fraction of sp³-hybridized carbons (Fsp3) is 0.556. The zero-order valence-corrected chi connectivity index (χ0v) is 13.3. The third kappa shape index (κ3) is 3.89. The van der Waals surface area contributed by atoms with Gasteiger partial charge in [0.25, 0.3) is 5.91 Å². The molecule has 23 heavy (non-hydrogen) atoms. The highest BCUT2D eigenvalue weighted by atomic mass is 19.1. The predicted molar refractivity (Wildman–Crippen MR) is 85.4 cm³/mol. The maximum Gasteiger partial charge on any atom is 0.251 e. The average Bonchev–Trinajstić information content (AvgIpc) is 2.52. The van der Waals surface area contributed by atoms with E-state index in [1.807, 2.05) is 4.90 Å². The molecule has 1 aromatic carbocycles. The number of amides is 2. The molecule has 0 bridgehead atoms. The Morgan fingerprint density at radius 3 is 2.52 bits per heavy atom. The number of halogens is 1. The molecular weight excluding hydrogens is 295 g/mol. The van der Waals surface area contributed by atoms with E-state index in [0.717, 1.165) is 38.8 Å². The zero-order chi connectivity index (χ0) is 16.2. The molecule has 1 aliphatic carbocycles. The van der Waals surface area contributed by atoms with E-state index in [2.05, 4.69) is 5.32 Å². The fourth-order valence-electron chi connectivity index (χ4n) is 3.29. The van der Waals surface area contributed by atoms with E-state index in [0.29, 0.717) is 23.9 Å². The monoisotopic (exact) mass is 318 g/mol. The Kier molecular flexibility index (Phi) is 4.94. The summed E-state index contributed by atoms with van der Waals surface area (Å²) in [5.74, 6) is 0.303. The lowest BCUT2D eigenvalue weighted by molar-refractivity contribution is -0.139. The maximum absolute atomic E-state index is 12.9. The van der Waals surface area contributed by atoms with E-state index in [1.165, 1.54) is 30.7 Å². The van der Waals surface area contributed by atoms with Gasteiger partial charge in [0.1, 0.15) is 5.82 Å². The number of benzene rings is 1. The number of nitrogens with zero attached hydrogens (tertiary/aromatic N) is 1. The minimum absolute atomic E-state index is 0.188. The van der Waals surface area contributed by atoms with E-state index in [9.17, 15) is 14.0 Å². The van der Waals surface area contributed by atoms with Crippen LogP contribution in [0.1, 0.15) is 42.5 Å². The second-order valence-corrected chi connectivity index (χ2v) is 6.64. The van der Waals surface area contributed by atoms with Gasteiger partial charge in [-0.05, 0) is 55.9 Å². The SMILES string of the molecule is O=C(NC[C@H]1CCCN(C(=O)C2CCC2)C1)c1ccc(F)cc1. The summed E-state index contributed by atoms with van der Waals surface area (Å²) in [6.07, 6.45) is 5.25. The molecule has 5 heteroatoms. The average molecular weight is 318 g/mol. The van der Waals surface area contributed by atoms with Gasteiger partial charge in [0.05, 0.1) is 0 Å². The Bertz CT molecular complexity index is 569. The van der Waals surface area contributed by atoms with Gasteiger partial charge < -0.3 is 10.2 Å². The molecular formula is C18H23FN2O2. The number of piperidine rings is 1. The largest absolute Gasteiger partial charge is 0.352 e. The Balaban J connectivity index is 1.48. The van der Waals surface area contributed by atoms with Crippen molar-refractivity contribution in [2.45, 2.75) is 32.1 Å². The first-order chi connectivity index (χ1) is 11.1. The van der Waals surface area contributed by atoms with Crippen LogP contribution in [-0.2, 0) is 4.79 Å². The first kappa shape index (κ1) is 16.0. The summed E-state index contributed by atoms with van der Waals surface area (Å²) in [5.41, 5.74) is 0.463. The van der Waals surface area contributed by atoms with Gasteiger partial charge in [0.2, 0.25) is 5.91 Å². The Morgan fingerprint density at radius 1 is 1.13 bits per heavy atom. The molecule has 0 unspecified atom stereocenters. The number of carbonyl (C=O) groups excluding carboxylic acids is 2. The quantitative estimate of drug-likeness (QED) is 0.927. The van der Waals surface area contributed by atoms with E-state index in [-0.39, 0.29) is 17.6 Å². The second-order valence-electron chi connectivity index (χ2n) is 6.64. The van der Waals surface area contributed by atoms with Crippen LogP contribution in [0.25, 0.3) is 0 Å². The Labute approximate surface area is 136 Å². The van der Waals surface area contributed by atoms with E-state index >= 15 is 0 Å². The lowest BCUT2D eigenvalue weighted by Crippen LogP contribution is -2.46. The molecule has 0 radical (unpaired) electrons. The highest BCUT2D eigenvalue weighted by Crippen LogP contribution is 2.29. The smallest absolute Gasteiger partial charge is 0.251 e. The minimum Gasteiger partial charge on any atom is -0.352 e. The van der Waals surface area contributed by atoms with Crippen molar-refractivity contribution in [3.8, 4) is 0 Å². The first-order valence-electron chi connectivity index (χ1n) is 8.46. The summed E-state index contributed by atoms with van der Waals surface area (Å²) >= 11 is 0. The number of rotatable bonds is 4. The van der Waals surface area contributed by atoms with Gasteiger partial charge in [-0.2, -0.15) is 0 Å². The molecule has 1 aromatic rings. The van der Waals surface area contributed by atoms with Crippen molar-refractivity contribution in [1.29, 1.82) is 0 Å². The molecule has 1 atom stereocenters. The van der Waals surface area contributed by atoms with Crippen LogP contribution in [0.4, 0.5) is 4.39 Å².